The summed E-state index contributed by atoms with van der Waals surface area (Å²) in [6, 6.07) is 17.7. The van der Waals surface area contributed by atoms with E-state index in [2.05, 4.69) is 118 Å². The molecule has 2 aliphatic heterocycles. The van der Waals surface area contributed by atoms with Crippen molar-refractivity contribution in [2.24, 2.45) is 0 Å². The summed E-state index contributed by atoms with van der Waals surface area (Å²) in [6.45, 7) is 23.9. The molecular formula is C42H50O6. The van der Waals surface area contributed by atoms with Gasteiger partial charge < -0.3 is 28.4 Å². The van der Waals surface area contributed by atoms with E-state index in [-0.39, 0.29) is 24.4 Å². The van der Waals surface area contributed by atoms with Gasteiger partial charge in [-0.3, -0.25) is 0 Å². The van der Waals surface area contributed by atoms with Gasteiger partial charge in [0.15, 0.2) is 0 Å². The molecule has 2 saturated heterocycles. The number of hydrogen-bond acceptors (Lipinski definition) is 6. The molecule has 48 heavy (non-hydrogen) atoms. The number of ether oxygens (including phenoxy) is 6. The fourth-order valence-electron chi connectivity index (χ4n) is 6.54. The highest BCUT2D eigenvalue weighted by molar-refractivity contribution is 5.71. The SMILES string of the molecule is Cc1cc(-c2cc(C)c(OC(C)C(C)Oc3c(C)cc(-c4cc(C)c(OCC5CO5)c(C)c4)cc3C)c(C)c2)cc(C)c1OCC1CO1. The van der Waals surface area contributed by atoms with Gasteiger partial charge in [-0.1, -0.05) is 0 Å². The van der Waals surface area contributed by atoms with Crippen molar-refractivity contribution in [2.75, 3.05) is 26.4 Å². The van der Waals surface area contributed by atoms with Crippen molar-refractivity contribution in [3.8, 4) is 45.3 Å². The van der Waals surface area contributed by atoms with Crippen molar-refractivity contribution in [3.05, 3.63) is 93.0 Å². The van der Waals surface area contributed by atoms with Crippen molar-refractivity contribution in [2.45, 2.75) is 93.7 Å². The van der Waals surface area contributed by atoms with Crippen LogP contribution in [0.15, 0.2) is 48.5 Å². The molecule has 6 rings (SSSR count). The summed E-state index contributed by atoms with van der Waals surface area (Å²) in [4.78, 5) is 0. The summed E-state index contributed by atoms with van der Waals surface area (Å²) >= 11 is 0. The molecule has 0 amide bonds. The summed E-state index contributed by atoms with van der Waals surface area (Å²) in [5, 5.41) is 0. The molecule has 6 nitrogen and oxygen atoms in total. The molecule has 0 radical (unpaired) electrons. The van der Waals surface area contributed by atoms with Gasteiger partial charge >= 0.3 is 0 Å². The predicted molar refractivity (Wildman–Crippen MR) is 192 cm³/mol. The smallest absolute Gasteiger partial charge is 0.132 e. The van der Waals surface area contributed by atoms with E-state index in [1.54, 1.807) is 0 Å². The number of aryl methyl sites for hydroxylation is 8. The van der Waals surface area contributed by atoms with Crippen LogP contribution in [0.3, 0.4) is 0 Å². The molecule has 4 aromatic rings. The van der Waals surface area contributed by atoms with Crippen LogP contribution in [0.1, 0.15) is 58.4 Å². The van der Waals surface area contributed by atoms with Crippen LogP contribution in [0.4, 0.5) is 0 Å². The molecule has 254 valence electrons. The standard InChI is InChI=1S/C42H50O6/c1-23-11-33(12-24(2)39(23)45-21-37-19-43-37)35-15-27(5)41(28(6)16-35)47-31(9)32(10)48-42-29(7)17-36(18-30(42)8)34-13-25(3)40(26(4)14-34)46-22-38-20-44-38/h11-18,31-32,37-38H,19-22H2,1-10H3. The highest BCUT2D eigenvalue weighted by atomic mass is 16.6. The Hall–Kier alpha value is -4.00. The minimum atomic E-state index is -0.165. The van der Waals surface area contributed by atoms with E-state index in [1.165, 1.54) is 22.3 Å². The summed E-state index contributed by atoms with van der Waals surface area (Å²) in [5.41, 5.74) is 13.6. The Labute approximate surface area is 286 Å². The maximum atomic E-state index is 6.60. The van der Waals surface area contributed by atoms with Crippen molar-refractivity contribution in [3.63, 3.8) is 0 Å². The molecular weight excluding hydrogens is 600 g/mol. The van der Waals surface area contributed by atoms with Crippen molar-refractivity contribution < 1.29 is 28.4 Å². The van der Waals surface area contributed by atoms with Gasteiger partial charge in [-0.15, -0.1) is 0 Å². The average Bonchev–Trinajstić information content (AvgIpc) is 3.95. The molecule has 4 aromatic carbocycles. The first-order valence-corrected chi connectivity index (χ1v) is 17.2. The molecule has 6 heteroatoms. The number of epoxide rings is 2. The monoisotopic (exact) mass is 650 g/mol. The Morgan fingerprint density at radius 3 is 0.917 bits per heavy atom. The van der Waals surface area contributed by atoms with Crippen LogP contribution in [0, 0.1) is 55.4 Å². The molecule has 0 bridgehead atoms. The zero-order valence-corrected chi connectivity index (χ0v) is 30.2. The van der Waals surface area contributed by atoms with Crippen molar-refractivity contribution >= 4 is 0 Å². The van der Waals surface area contributed by atoms with Gasteiger partial charge in [0, 0.05) is 0 Å². The summed E-state index contributed by atoms with van der Waals surface area (Å²) < 4.78 is 35.9. The van der Waals surface area contributed by atoms with E-state index in [9.17, 15) is 0 Å². The van der Waals surface area contributed by atoms with Gasteiger partial charge in [0.05, 0.1) is 13.2 Å². The van der Waals surface area contributed by atoms with E-state index >= 15 is 0 Å². The van der Waals surface area contributed by atoms with Crippen LogP contribution < -0.4 is 18.9 Å². The lowest BCUT2D eigenvalue weighted by molar-refractivity contribution is 0.0760. The highest BCUT2D eigenvalue weighted by Crippen LogP contribution is 2.37. The molecule has 0 aromatic heterocycles. The average molecular weight is 651 g/mol. The van der Waals surface area contributed by atoms with E-state index < -0.39 is 0 Å². The zero-order valence-electron chi connectivity index (χ0n) is 30.2. The van der Waals surface area contributed by atoms with Crippen LogP contribution in [-0.4, -0.2) is 50.8 Å². The van der Waals surface area contributed by atoms with Crippen LogP contribution in [0.2, 0.25) is 0 Å². The Morgan fingerprint density at radius 1 is 0.458 bits per heavy atom. The molecule has 2 fully saturated rings. The van der Waals surface area contributed by atoms with Crippen LogP contribution in [0.5, 0.6) is 23.0 Å². The Balaban J connectivity index is 1.13. The van der Waals surface area contributed by atoms with Gasteiger partial charge in [0.25, 0.3) is 0 Å². The minimum Gasteiger partial charge on any atom is -0.490 e. The third-order valence-corrected chi connectivity index (χ3v) is 9.41. The summed E-state index contributed by atoms with van der Waals surface area (Å²) in [6.07, 6.45) is 0.146. The fourth-order valence-corrected chi connectivity index (χ4v) is 6.54. The quantitative estimate of drug-likeness (QED) is 0.134. The van der Waals surface area contributed by atoms with Gasteiger partial charge in [-0.25, -0.2) is 0 Å². The number of hydrogen-bond donors (Lipinski definition) is 0. The largest absolute Gasteiger partial charge is 0.490 e. The molecule has 0 N–H and O–H groups in total. The first-order valence-electron chi connectivity index (χ1n) is 17.2. The second-order valence-corrected chi connectivity index (χ2v) is 13.9. The van der Waals surface area contributed by atoms with Gasteiger partial charge in [0.1, 0.15) is 60.6 Å². The van der Waals surface area contributed by atoms with E-state index in [1.807, 2.05) is 0 Å². The van der Waals surface area contributed by atoms with E-state index in [0.29, 0.717) is 13.2 Å². The highest BCUT2D eigenvalue weighted by Gasteiger charge is 2.25. The molecule has 0 saturated carbocycles. The van der Waals surface area contributed by atoms with E-state index in [4.69, 9.17) is 28.4 Å². The fraction of sp³-hybridized carbons (Fsp3) is 0.429. The third kappa shape index (κ3) is 7.66. The van der Waals surface area contributed by atoms with Gasteiger partial charge in [0.2, 0.25) is 0 Å². The Morgan fingerprint density at radius 2 is 0.688 bits per heavy atom. The lowest BCUT2D eigenvalue weighted by Crippen LogP contribution is -2.32. The molecule has 2 aliphatic rings. The lowest BCUT2D eigenvalue weighted by atomic mass is 9.96. The topological polar surface area (TPSA) is 62.0 Å². The minimum absolute atomic E-state index is 0.165. The lowest BCUT2D eigenvalue weighted by Gasteiger charge is -2.26. The van der Waals surface area contributed by atoms with E-state index in [0.717, 1.165) is 80.7 Å². The Bertz CT molecular complexity index is 1590. The summed E-state index contributed by atoms with van der Waals surface area (Å²) in [7, 11) is 0. The maximum absolute atomic E-state index is 6.60. The van der Waals surface area contributed by atoms with Crippen LogP contribution in [0.25, 0.3) is 22.3 Å². The molecule has 0 spiro atoms. The molecule has 2 heterocycles. The number of benzene rings is 4. The van der Waals surface area contributed by atoms with Crippen LogP contribution >= 0.6 is 0 Å². The first kappa shape index (κ1) is 33.9. The second kappa shape index (κ2) is 13.9. The normalized spacial score (nSPS) is 17.9. The Kier molecular flexibility index (Phi) is 9.78. The predicted octanol–water partition coefficient (Wildman–Crippen LogP) is 9.28. The maximum Gasteiger partial charge on any atom is 0.132 e. The van der Waals surface area contributed by atoms with Crippen molar-refractivity contribution in [1.82, 2.24) is 0 Å². The molecule has 4 atom stereocenters. The third-order valence-electron chi connectivity index (χ3n) is 9.41. The molecule has 0 aliphatic carbocycles. The van der Waals surface area contributed by atoms with Crippen LogP contribution in [-0.2, 0) is 9.47 Å². The zero-order chi connectivity index (χ0) is 34.3. The first-order chi connectivity index (χ1) is 22.9. The molecule has 4 unspecified atom stereocenters. The summed E-state index contributed by atoms with van der Waals surface area (Å²) in [5.74, 6) is 3.72. The number of rotatable bonds is 13. The second-order valence-electron chi connectivity index (χ2n) is 13.9. The van der Waals surface area contributed by atoms with Gasteiger partial charge in [-0.05, 0) is 185 Å². The van der Waals surface area contributed by atoms with Gasteiger partial charge in [-0.2, -0.15) is 0 Å². The van der Waals surface area contributed by atoms with Crippen molar-refractivity contribution in [1.29, 1.82) is 0 Å².